The molecule has 0 spiro atoms. The lowest BCUT2D eigenvalue weighted by atomic mass is 10.1. The molecule has 7 heteroatoms. The highest BCUT2D eigenvalue weighted by atomic mass is 35.5. The van der Waals surface area contributed by atoms with Crippen molar-refractivity contribution in [2.75, 3.05) is 18.6 Å². The van der Waals surface area contributed by atoms with Gasteiger partial charge in [-0.15, -0.1) is 10.2 Å². The third-order valence-electron chi connectivity index (χ3n) is 2.55. The fraction of sp³-hybridized carbons (Fsp3) is 0.400. The fourth-order valence-corrected chi connectivity index (χ4v) is 1.81. The molecule has 1 aliphatic rings. The summed E-state index contributed by atoms with van der Waals surface area (Å²) in [5, 5.41) is 7.71. The zero-order chi connectivity index (χ0) is 12.4. The molecule has 1 aliphatic heterocycles. The van der Waals surface area contributed by atoms with Crippen LogP contribution in [0, 0.1) is 5.92 Å². The van der Waals surface area contributed by atoms with E-state index in [1.807, 2.05) is 0 Å². The van der Waals surface area contributed by atoms with E-state index in [2.05, 4.69) is 14.9 Å². The maximum atomic E-state index is 11.7. The number of carbonyl (C=O) groups excluding carboxylic acids is 2. The predicted molar refractivity (Wildman–Crippen MR) is 59.5 cm³/mol. The van der Waals surface area contributed by atoms with Crippen LogP contribution in [0.3, 0.4) is 0 Å². The molecule has 1 saturated heterocycles. The van der Waals surface area contributed by atoms with Crippen LogP contribution in [-0.2, 0) is 14.3 Å². The van der Waals surface area contributed by atoms with Crippen LogP contribution in [0.2, 0.25) is 5.15 Å². The van der Waals surface area contributed by atoms with E-state index < -0.39 is 5.92 Å². The lowest BCUT2D eigenvalue weighted by Crippen LogP contribution is -2.27. The summed E-state index contributed by atoms with van der Waals surface area (Å²) in [4.78, 5) is 24.4. The van der Waals surface area contributed by atoms with Crippen LogP contribution < -0.4 is 4.90 Å². The van der Waals surface area contributed by atoms with E-state index in [1.165, 1.54) is 12.0 Å². The predicted octanol–water partition coefficient (Wildman–Crippen LogP) is 0.656. The molecule has 2 rings (SSSR count). The molecule has 1 aromatic rings. The number of hydrogen-bond acceptors (Lipinski definition) is 5. The minimum atomic E-state index is -0.440. The van der Waals surface area contributed by atoms with Crippen LogP contribution in [0.5, 0.6) is 0 Å². The summed E-state index contributed by atoms with van der Waals surface area (Å²) < 4.78 is 4.61. The summed E-state index contributed by atoms with van der Waals surface area (Å²) in [5.74, 6) is -0.601. The van der Waals surface area contributed by atoms with Crippen molar-refractivity contribution in [1.82, 2.24) is 10.2 Å². The maximum Gasteiger partial charge on any atom is 0.311 e. The topological polar surface area (TPSA) is 72.4 Å². The molecule has 1 aromatic heterocycles. The Hall–Kier alpha value is -1.69. The zero-order valence-electron chi connectivity index (χ0n) is 9.09. The van der Waals surface area contributed by atoms with E-state index >= 15 is 0 Å². The monoisotopic (exact) mass is 255 g/mol. The quantitative estimate of drug-likeness (QED) is 0.726. The van der Waals surface area contributed by atoms with E-state index in [9.17, 15) is 9.59 Å². The van der Waals surface area contributed by atoms with Crippen LogP contribution in [0.4, 0.5) is 5.82 Å². The zero-order valence-corrected chi connectivity index (χ0v) is 9.85. The number of ether oxygens (including phenoxy) is 1. The van der Waals surface area contributed by atoms with Gasteiger partial charge in [-0.05, 0) is 12.1 Å². The summed E-state index contributed by atoms with van der Waals surface area (Å²) in [6.45, 7) is 0.266. The number of anilines is 1. The second kappa shape index (κ2) is 4.67. The first kappa shape index (κ1) is 11.8. The molecular weight excluding hydrogens is 246 g/mol. The van der Waals surface area contributed by atoms with Gasteiger partial charge in [0, 0.05) is 13.0 Å². The largest absolute Gasteiger partial charge is 0.469 e. The Morgan fingerprint density at radius 1 is 1.53 bits per heavy atom. The van der Waals surface area contributed by atoms with Crippen LogP contribution >= 0.6 is 11.6 Å². The molecule has 1 unspecified atom stereocenters. The number of carbonyl (C=O) groups is 2. The molecular formula is C10H10ClN3O3. The highest BCUT2D eigenvalue weighted by Gasteiger charge is 2.36. The van der Waals surface area contributed by atoms with Crippen LogP contribution in [0.1, 0.15) is 6.42 Å². The van der Waals surface area contributed by atoms with Gasteiger partial charge >= 0.3 is 5.97 Å². The van der Waals surface area contributed by atoms with Gasteiger partial charge in [-0.1, -0.05) is 11.6 Å². The van der Waals surface area contributed by atoms with Crippen molar-refractivity contribution in [3.8, 4) is 0 Å². The molecule has 1 amide bonds. The molecule has 0 N–H and O–H groups in total. The molecule has 0 radical (unpaired) electrons. The number of rotatable bonds is 2. The van der Waals surface area contributed by atoms with E-state index in [4.69, 9.17) is 11.6 Å². The standard InChI is InChI=1S/C10H10ClN3O3/c1-17-10(16)6-4-9(15)14(5-6)8-3-2-7(11)12-13-8/h2-3,6H,4-5H2,1H3. The van der Waals surface area contributed by atoms with Gasteiger partial charge in [0.2, 0.25) is 5.91 Å². The molecule has 0 aromatic carbocycles. The van der Waals surface area contributed by atoms with Gasteiger partial charge in [0.05, 0.1) is 13.0 Å². The second-order valence-electron chi connectivity index (χ2n) is 3.64. The average Bonchev–Trinajstić information content (AvgIpc) is 2.71. The van der Waals surface area contributed by atoms with Gasteiger partial charge in [0.25, 0.3) is 0 Å². The Kier molecular flexibility index (Phi) is 3.23. The summed E-state index contributed by atoms with van der Waals surface area (Å²) in [7, 11) is 1.30. The summed E-state index contributed by atoms with van der Waals surface area (Å²) in [6, 6.07) is 3.13. The van der Waals surface area contributed by atoms with E-state index in [0.717, 1.165) is 0 Å². The fourth-order valence-electron chi connectivity index (χ4n) is 1.71. The number of halogens is 1. The SMILES string of the molecule is COC(=O)C1CC(=O)N(c2ccc(Cl)nn2)C1. The highest BCUT2D eigenvalue weighted by Crippen LogP contribution is 2.24. The number of aromatic nitrogens is 2. The van der Waals surface area contributed by atoms with Gasteiger partial charge in [-0.25, -0.2) is 0 Å². The Balaban J connectivity index is 2.15. The second-order valence-corrected chi connectivity index (χ2v) is 4.03. The maximum absolute atomic E-state index is 11.7. The van der Waals surface area contributed by atoms with Crippen molar-refractivity contribution in [2.45, 2.75) is 6.42 Å². The minimum absolute atomic E-state index is 0.136. The molecule has 1 fully saturated rings. The molecule has 17 heavy (non-hydrogen) atoms. The van der Waals surface area contributed by atoms with Gasteiger partial charge in [0.15, 0.2) is 11.0 Å². The van der Waals surface area contributed by atoms with Crippen LogP contribution in [-0.4, -0.2) is 35.7 Å². The van der Waals surface area contributed by atoms with Gasteiger partial charge in [-0.3, -0.25) is 14.5 Å². The molecule has 0 saturated carbocycles. The van der Waals surface area contributed by atoms with Crippen molar-refractivity contribution < 1.29 is 14.3 Å². The van der Waals surface area contributed by atoms with Crippen molar-refractivity contribution in [2.24, 2.45) is 5.92 Å². The number of amides is 1. The van der Waals surface area contributed by atoms with Crippen LogP contribution in [0.15, 0.2) is 12.1 Å². The Morgan fingerprint density at radius 2 is 2.29 bits per heavy atom. The highest BCUT2D eigenvalue weighted by molar-refractivity contribution is 6.29. The van der Waals surface area contributed by atoms with Crippen LogP contribution in [0.25, 0.3) is 0 Å². The first-order valence-electron chi connectivity index (χ1n) is 4.99. The molecule has 1 atom stereocenters. The third kappa shape index (κ3) is 2.36. The summed E-state index contributed by atoms with van der Waals surface area (Å²) >= 11 is 5.61. The Morgan fingerprint density at radius 3 is 2.88 bits per heavy atom. The lowest BCUT2D eigenvalue weighted by molar-refractivity contribution is -0.145. The number of esters is 1. The van der Waals surface area contributed by atoms with Crippen molar-refractivity contribution >= 4 is 29.3 Å². The molecule has 90 valence electrons. The van der Waals surface area contributed by atoms with Crippen molar-refractivity contribution in [3.05, 3.63) is 17.3 Å². The Bertz CT molecular complexity index is 449. The van der Waals surface area contributed by atoms with Gasteiger partial charge < -0.3 is 4.74 Å². The smallest absolute Gasteiger partial charge is 0.311 e. The van der Waals surface area contributed by atoms with Gasteiger partial charge in [0.1, 0.15) is 0 Å². The van der Waals surface area contributed by atoms with Crippen molar-refractivity contribution in [1.29, 1.82) is 0 Å². The molecule has 0 aliphatic carbocycles. The van der Waals surface area contributed by atoms with Crippen molar-refractivity contribution in [3.63, 3.8) is 0 Å². The minimum Gasteiger partial charge on any atom is -0.469 e. The lowest BCUT2D eigenvalue weighted by Gasteiger charge is -2.13. The Labute approximate surface area is 103 Å². The van der Waals surface area contributed by atoms with E-state index in [1.54, 1.807) is 12.1 Å². The molecule has 0 bridgehead atoms. The normalized spacial score (nSPS) is 19.5. The third-order valence-corrected chi connectivity index (χ3v) is 2.76. The van der Waals surface area contributed by atoms with Gasteiger partial charge in [-0.2, -0.15) is 0 Å². The average molecular weight is 256 g/mol. The number of nitrogens with zero attached hydrogens (tertiary/aromatic N) is 3. The van der Waals surface area contributed by atoms with E-state index in [-0.39, 0.29) is 30.0 Å². The van der Waals surface area contributed by atoms with E-state index in [0.29, 0.717) is 5.82 Å². The summed E-state index contributed by atoms with van der Waals surface area (Å²) in [5.41, 5.74) is 0. The first-order valence-corrected chi connectivity index (χ1v) is 5.37. The molecule has 6 nitrogen and oxygen atoms in total. The summed E-state index contributed by atoms with van der Waals surface area (Å²) in [6.07, 6.45) is 0.136. The number of methoxy groups -OCH3 is 1. The number of hydrogen-bond donors (Lipinski definition) is 0. The first-order chi connectivity index (χ1) is 8.11. The molecule has 2 heterocycles.